The molecule has 0 aliphatic heterocycles. The maximum atomic E-state index is 10.8. The molecule has 0 radical (unpaired) electrons. The molecule has 0 aliphatic carbocycles. The summed E-state index contributed by atoms with van der Waals surface area (Å²) in [7, 11) is 1.67. The number of hydrogen-bond acceptors (Lipinski definition) is 6. The molecule has 17 heavy (non-hydrogen) atoms. The van der Waals surface area contributed by atoms with Crippen molar-refractivity contribution in [1.29, 1.82) is 0 Å². The molecule has 0 saturated carbocycles. The van der Waals surface area contributed by atoms with Crippen LogP contribution in [0.15, 0.2) is 6.33 Å². The van der Waals surface area contributed by atoms with Crippen molar-refractivity contribution in [3.05, 3.63) is 6.33 Å². The zero-order valence-electron chi connectivity index (χ0n) is 10.0. The first-order valence-corrected chi connectivity index (χ1v) is 5.29. The highest BCUT2D eigenvalue weighted by Gasteiger charge is 2.14. The molecule has 0 aliphatic rings. The molecule has 7 nitrogen and oxygen atoms in total. The van der Waals surface area contributed by atoms with Gasteiger partial charge >= 0.3 is 0 Å². The van der Waals surface area contributed by atoms with Gasteiger partial charge in [-0.25, -0.2) is 4.98 Å². The van der Waals surface area contributed by atoms with Gasteiger partial charge in [-0.3, -0.25) is 4.79 Å². The normalized spacial score (nSPS) is 10.0. The molecule has 0 unspecified atom stereocenters. The molecular weight excluding hydrogens is 222 g/mol. The Morgan fingerprint density at radius 2 is 2.24 bits per heavy atom. The Bertz CT molecular complexity index is 396. The van der Waals surface area contributed by atoms with Crippen LogP contribution < -0.4 is 21.1 Å². The lowest BCUT2D eigenvalue weighted by Crippen LogP contribution is -2.31. The lowest BCUT2D eigenvalue weighted by Gasteiger charge is -2.18. The minimum atomic E-state index is -0.457. The van der Waals surface area contributed by atoms with Gasteiger partial charge in [0.15, 0.2) is 5.82 Å². The monoisotopic (exact) mass is 239 g/mol. The van der Waals surface area contributed by atoms with Gasteiger partial charge in [0.25, 0.3) is 0 Å². The zero-order valence-corrected chi connectivity index (χ0v) is 10.0. The van der Waals surface area contributed by atoms with Gasteiger partial charge in [-0.1, -0.05) is 6.92 Å². The molecule has 1 amide bonds. The molecular formula is C10H17N5O2. The Morgan fingerprint density at radius 1 is 1.53 bits per heavy atom. The fourth-order valence-corrected chi connectivity index (χ4v) is 1.30. The first kappa shape index (κ1) is 13.0. The zero-order chi connectivity index (χ0) is 12.8. The Balaban J connectivity index is 2.89. The van der Waals surface area contributed by atoms with Gasteiger partial charge in [-0.2, -0.15) is 4.98 Å². The van der Waals surface area contributed by atoms with E-state index in [2.05, 4.69) is 9.97 Å². The molecule has 94 valence electrons. The van der Waals surface area contributed by atoms with E-state index in [0.29, 0.717) is 24.0 Å². The smallest absolute Gasteiger partial charge is 0.242 e. The SMILES string of the molecule is CCCOc1ncnc(N(C)CC(N)=O)c1N. The second kappa shape index (κ2) is 5.88. The summed E-state index contributed by atoms with van der Waals surface area (Å²) < 4.78 is 5.36. The molecule has 0 aromatic carbocycles. The highest BCUT2D eigenvalue weighted by atomic mass is 16.5. The second-order valence-electron chi connectivity index (χ2n) is 3.59. The van der Waals surface area contributed by atoms with E-state index >= 15 is 0 Å². The van der Waals surface area contributed by atoms with E-state index in [4.69, 9.17) is 16.2 Å². The summed E-state index contributed by atoms with van der Waals surface area (Å²) in [4.78, 5) is 20.3. The van der Waals surface area contributed by atoms with E-state index in [1.165, 1.54) is 6.33 Å². The number of nitrogens with two attached hydrogens (primary N) is 2. The molecule has 0 spiro atoms. The minimum Gasteiger partial charge on any atom is -0.476 e. The highest BCUT2D eigenvalue weighted by molar-refractivity contribution is 5.81. The van der Waals surface area contributed by atoms with Crippen molar-refractivity contribution in [2.45, 2.75) is 13.3 Å². The van der Waals surface area contributed by atoms with Gasteiger partial charge in [-0.15, -0.1) is 0 Å². The number of carbonyl (C=O) groups is 1. The van der Waals surface area contributed by atoms with Crippen molar-refractivity contribution in [1.82, 2.24) is 9.97 Å². The largest absolute Gasteiger partial charge is 0.476 e. The molecule has 1 aromatic heterocycles. The van der Waals surface area contributed by atoms with Crippen LogP contribution in [-0.2, 0) is 4.79 Å². The number of nitrogen functional groups attached to an aromatic ring is 1. The fourth-order valence-electron chi connectivity index (χ4n) is 1.30. The number of nitrogens with zero attached hydrogens (tertiary/aromatic N) is 3. The fraction of sp³-hybridized carbons (Fsp3) is 0.500. The summed E-state index contributed by atoms with van der Waals surface area (Å²) in [6, 6.07) is 0. The van der Waals surface area contributed by atoms with Crippen LogP contribution in [0.5, 0.6) is 5.88 Å². The van der Waals surface area contributed by atoms with Crippen LogP contribution in [0.3, 0.4) is 0 Å². The summed E-state index contributed by atoms with van der Waals surface area (Å²) in [6.07, 6.45) is 2.20. The van der Waals surface area contributed by atoms with Crippen LogP contribution in [0.25, 0.3) is 0 Å². The first-order chi connectivity index (χ1) is 8.06. The standard InChI is InChI=1S/C10H17N5O2/c1-3-4-17-10-8(12)9(13-6-14-10)15(2)5-7(11)16/h6H,3-5,12H2,1-2H3,(H2,11,16). The number of ether oxygens (including phenoxy) is 1. The Kier molecular flexibility index (Phi) is 4.50. The number of primary amides is 1. The molecule has 0 saturated heterocycles. The number of aromatic nitrogens is 2. The van der Waals surface area contributed by atoms with E-state index < -0.39 is 5.91 Å². The van der Waals surface area contributed by atoms with Gasteiger partial charge in [0.05, 0.1) is 13.2 Å². The Morgan fingerprint density at radius 3 is 2.82 bits per heavy atom. The Hall–Kier alpha value is -2.05. The maximum absolute atomic E-state index is 10.8. The number of anilines is 2. The number of amides is 1. The van der Waals surface area contributed by atoms with Crippen molar-refractivity contribution in [2.75, 3.05) is 30.8 Å². The van der Waals surface area contributed by atoms with Crippen LogP contribution in [0, 0.1) is 0 Å². The quantitative estimate of drug-likeness (QED) is 0.710. The highest BCUT2D eigenvalue weighted by Crippen LogP contribution is 2.26. The van der Waals surface area contributed by atoms with Crippen molar-refractivity contribution in [3.8, 4) is 5.88 Å². The van der Waals surface area contributed by atoms with Crippen molar-refractivity contribution in [3.63, 3.8) is 0 Å². The topological polar surface area (TPSA) is 107 Å². The summed E-state index contributed by atoms with van der Waals surface area (Å²) in [5.41, 5.74) is 11.3. The predicted octanol–water partition coefficient (Wildman–Crippen LogP) is -0.231. The van der Waals surface area contributed by atoms with E-state index in [-0.39, 0.29) is 6.54 Å². The summed E-state index contributed by atoms with van der Waals surface area (Å²) in [5.74, 6) is 0.305. The van der Waals surface area contributed by atoms with Gasteiger partial charge in [-0.05, 0) is 6.42 Å². The van der Waals surface area contributed by atoms with E-state index in [1.807, 2.05) is 6.92 Å². The molecule has 0 bridgehead atoms. The molecule has 0 atom stereocenters. The minimum absolute atomic E-state index is 0.0361. The van der Waals surface area contributed by atoms with Gasteiger partial charge < -0.3 is 21.1 Å². The summed E-state index contributed by atoms with van der Waals surface area (Å²) >= 11 is 0. The molecule has 0 fully saturated rings. The van der Waals surface area contributed by atoms with E-state index in [1.54, 1.807) is 11.9 Å². The van der Waals surface area contributed by atoms with Gasteiger partial charge in [0.1, 0.15) is 12.0 Å². The molecule has 7 heteroatoms. The number of carbonyl (C=O) groups excluding carboxylic acids is 1. The van der Waals surface area contributed by atoms with Crippen LogP contribution in [0.4, 0.5) is 11.5 Å². The number of rotatable bonds is 6. The summed E-state index contributed by atoms with van der Waals surface area (Å²) in [5, 5.41) is 0. The van der Waals surface area contributed by atoms with Crippen molar-refractivity contribution in [2.24, 2.45) is 5.73 Å². The van der Waals surface area contributed by atoms with Gasteiger partial charge in [0.2, 0.25) is 11.8 Å². The third kappa shape index (κ3) is 3.47. The lowest BCUT2D eigenvalue weighted by atomic mass is 10.4. The van der Waals surface area contributed by atoms with Crippen LogP contribution in [-0.4, -0.2) is 36.1 Å². The molecule has 1 rings (SSSR count). The Labute approximate surface area is 99.8 Å². The maximum Gasteiger partial charge on any atom is 0.242 e. The number of hydrogen-bond donors (Lipinski definition) is 2. The molecule has 1 aromatic rings. The molecule has 1 heterocycles. The average Bonchev–Trinajstić information content (AvgIpc) is 2.26. The van der Waals surface area contributed by atoms with Crippen LogP contribution in [0.2, 0.25) is 0 Å². The second-order valence-corrected chi connectivity index (χ2v) is 3.59. The third-order valence-electron chi connectivity index (χ3n) is 2.02. The molecule has 4 N–H and O–H groups in total. The predicted molar refractivity (Wildman–Crippen MR) is 64.7 cm³/mol. The van der Waals surface area contributed by atoms with Crippen molar-refractivity contribution >= 4 is 17.4 Å². The van der Waals surface area contributed by atoms with E-state index in [9.17, 15) is 4.79 Å². The van der Waals surface area contributed by atoms with Crippen LogP contribution in [0.1, 0.15) is 13.3 Å². The summed E-state index contributed by atoms with van der Waals surface area (Å²) in [6.45, 7) is 2.55. The average molecular weight is 239 g/mol. The van der Waals surface area contributed by atoms with Gasteiger partial charge in [0, 0.05) is 7.05 Å². The van der Waals surface area contributed by atoms with Crippen molar-refractivity contribution < 1.29 is 9.53 Å². The number of likely N-dealkylation sites (N-methyl/N-ethyl adjacent to an activating group) is 1. The third-order valence-corrected chi connectivity index (χ3v) is 2.02. The van der Waals surface area contributed by atoms with Crippen LogP contribution >= 0.6 is 0 Å². The first-order valence-electron chi connectivity index (χ1n) is 5.29. The lowest BCUT2D eigenvalue weighted by molar-refractivity contribution is -0.116. The van der Waals surface area contributed by atoms with E-state index in [0.717, 1.165) is 6.42 Å².